The van der Waals surface area contributed by atoms with E-state index < -0.39 is 0 Å². The highest BCUT2D eigenvalue weighted by Gasteiger charge is 2.29. The van der Waals surface area contributed by atoms with Crippen molar-refractivity contribution in [1.82, 2.24) is 19.7 Å². The number of amides is 1. The van der Waals surface area contributed by atoms with E-state index in [0.717, 1.165) is 29.7 Å². The number of hydrogen-bond donors (Lipinski definition) is 0. The van der Waals surface area contributed by atoms with Crippen LogP contribution in [0.1, 0.15) is 13.3 Å². The molecule has 0 saturated carbocycles. The fraction of sp³-hybridized carbons (Fsp3) is 0.294. The van der Waals surface area contributed by atoms with Gasteiger partial charge < -0.3 is 4.74 Å². The van der Waals surface area contributed by atoms with Crippen LogP contribution in [0.15, 0.2) is 42.9 Å². The van der Waals surface area contributed by atoms with Crippen LogP contribution in [0.2, 0.25) is 0 Å². The summed E-state index contributed by atoms with van der Waals surface area (Å²) in [4.78, 5) is 22.8. The Morgan fingerprint density at radius 3 is 3.08 bits per heavy atom. The zero-order chi connectivity index (χ0) is 16.5. The standard InChI is InChI=1S/C17H17N5O2/c1-12-7-9-21-15(6-8-20-21)22(12)16(23)10-24-17-13-4-2-3-5-14(13)18-11-19-17/h2-6,8,11-12H,7,9-10H2,1H3. The fourth-order valence-electron chi connectivity index (χ4n) is 3.03. The average Bonchev–Trinajstić information content (AvgIpc) is 3.08. The number of carbonyl (C=O) groups excluding carboxylic acids is 1. The Morgan fingerprint density at radius 1 is 1.29 bits per heavy atom. The van der Waals surface area contributed by atoms with E-state index in [1.165, 1.54) is 6.33 Å². The minimum absolute atomic E-state index is 0.0729. The number of rotatable bonds is 3. The van der Waals surface area contributed by atoms with Crippen molar-refractivity contribution in [2.45, 2.75) is 25.9 Å². The highest BCUT2D eigenvalue weighted by atomic mass is 16.5. The summed E-state index contributed by atoms with van der Waals surface area (Å²) >= 11 is 0. The molecule has 0 bridgehead atoms. The molecule has 1 unspecified atom stereocenters. The van der Waals surface area contributed by atoms with Gasteiger partial charge in [-0.15, -0.1) is 0 Å². The minimum Gasteiger partial charge on any atom is -0.467 e. The number of aryl methyl sites for hydroxylation is 1. The van der Waals surface area contributed by atoms with E-state index >= 15 is 0 Å². The van der Waals surface area contributed by atoms with Gasteiger partial charge in [0, 0.05) is 18.7 Å². The van der Waals surface area contributed by atoms with Gasteiger partial charge in [-0.25, -0.2) is 14.6 Å². The number of ether oxygens (including phenoxy) is 1. The molecule has 0 saturated heterocycles. The van der Waals surface area contributed by atoms with Crippen molar-refractivity contribution in [2.75, 3.05) is 11.5 Å². The Labute approximate surface area is 138 Å². The lowest BCUT2D eigenvalue weighted by atomic mass is 10.1. The second kappa shape index (κ2) is 5.92. The molecule has 1 amide bonds. The van der Waals surface area contributed by atoms with E-state index in [1.54, 1.807) is 11.1 Å². The summed E-state index contributed by atoms with van der Waals surface area (Å²) in [7, 11) is 0. The monoisotopic (exact) mass is 323 g/mol. The average molecular weight is 323 g/mol. The predicted molar refractivity (Wildman–Crippen MR) is 88.8 cm³/mol. The Balaban J connectivity index is 1.55. The number of para-hydroxylation sites is 1. The molecule has 1 aliphatic rings. The molecule has 2 aromatic heterocycles. The molecule has 0 fully saturated rings. The predicted octanol–water partition coefficient (Wildman–Crippen LogP) is 2.03. The first kappa shape index (κ1) is 14.6. The summed E-state index contributed by atoms with van der Waals surface area (Å²) in [5, 5.41) is 5.04. The van der Waals surface area contributed by atoms with E-state index in [4.69, 9.17) is 4.74 Å². The van der Waals surface area contributed by atoms with E-state index in [-0.39, 0.29) is 18.6 Å². The molecule has 4 rings (SSSR count). The Kier molecular flexibility index (Phi) is 3.60. The molecule has 1 aromatic carbocycles. The van der Waals surface area contributed by atoms with Gasteiger partial charge in [-0.2, -0.15) is 5.10 Å². The van der Waals surface area contributed by atoms with Gasteiger partial charge in [-0.1, -0.05) is 12.1 Å². The van der Waals surface area contributed by atoms with E-state index in [0.29, 0.717) is 5.88 Å². The zero-order valence-corrected chi connectivity index (χ0v) is 13.3. The van der Waals surface area contributed by atoms with Gasteiger partial charge >= 0.3 is 0 Å². The largest absolute Gasteiger partial charge is 0.467 e. The molecule has 3 aromatic rings. The number of benzene rings is 1. The van der Waals surface area contributed by atoms with Gasteiger partial charge in [-0.05, 0) is 25.5 Å². The summed E-state index contributed by atoms with van der Waals surface area (Å²) in [6, 6.07) is 9.54. The molecule has 1 aliphatic heterocycles. The van der Waals surface area contributed by atoms with Gasteiger partial charge in [-0.3, -0.25) is 9.69 Å². The van der Waals surface area contributed by atoms with Crippen LogP contribution in [0, 0.1) is 0 Å². The molecular weight excluding hydrogens is 306 g/mol. The third kappa shape index (κ3) is 2.47. The molecule has 7 heteroatoms. The molecule has 0 radical (unpaired) electrons. The molecule has 3 heterocycles. The maximum atomic E-state index is 12.7. The zero-order valence-electron chi connectivity index (χ0n) is 13.3. The fourth-order valence-corrected chi connectivity index (χ4v) is 3.03. The van der Waals surface area contributed by atoms with Crippen molar-refractivity contribution in [1.29, 1.82) is 0 Å². The molecule has 0 N–H and O–H groups in total. The summed E-state index contributed by atoms with van der Waals surface area (Å²) in [6.07, 6.45) is 4.03. The summed E-state index contributed by atoms with van der Waals surface area (Å²) in [5.41, 5.74) is 0.791. The van der Waals surface area contributed by atoms with Crippen molar-refractivity contribution in [3.05, 3.63) is 42.9 Å². The van der Waals surface area contributed by atoms with Gasteiger partial charge in [0.05, 0.1) is 17.1 Å². The first-order chi connectivity index (χ1) is 11.7. The summed E-state index contributed by atoms with van der Waals surface area (Å²) < 4.78 is 7.55. The lowest BCUT2D eigenvalue weighted by Gasteiger charge is -2.33. The molecule has 1 atom stereocenters. The van der Waals surface area contributed by atoms with Crippen LogP contribution < -0.4 is 9.64 Å². The van der Waals surface area contributed by atoms with Crippen molar-refractivity contribution in [2.24, 2.45) is 0 Å². The second-order valence-corrected chi connectivity index (χ2v) is 5.80. The quantitative estimate of drug-likeness (QED) is 0.737. The van der Waals surface area contributed by atoms with Gasteiger partial charge in [0.1, 0.15) is 12.1 Å². The van der Waals surface area contributed by atoms with Gasteiger partial charge in [0.25, 0.3) is 5.91 Å². The Morgan fingerprint density at radius 2 is 2.17 bits per heavy atom. The molecule has 24 heavy (non-hydrogen) atoms. The van der Waals surface area contributed by atoms with E-state index in [2.05, 4.69) is 15.1 Å². The van der Waals surface area contributed by atoms with Crippen molar-refractivity contribution in [3.8, 4) is 5.88 Å². The summed E-state index contributed by atoms with van der Waals surface area (Å²) in [6.45, 7) is 2.79. The smallest absolute Gasteiger partial charge is 0.266 e. The Hall–Kier alpha value is -2.96. The molecule has 7 nitrogen and oxygen atoms in total. The molecule has 0 spiro atoms. The topological polar surface area (TPSA) is 73.1 Å². The van der Waals surface area contributed by atoms with E-state index in [1.807, 2.05) is 41.9 Å². The van der Waals surface area contributed by atoms with Crippen molar-refractivity contribution >= 4 is 22.6 Å². The van der Waals surface area contributed by atoms with Crippen LogP contribution in [-0.2, 0) is 11.3 Å². The molecular formula is C17H17N5O2. The number of nitrogens with zero attached hydrogens (tertiary/aromatic N) is 5. The van der Waals surface area contributed by atoms with E-state index in [9.17, 15) is 4.79 Å². The highest BCUT2D eigenvalue weighted by Crippen LogP contribution is 2.25. The SMILES string of the molecule is CC1CCn2nccc2N1C(=O)COc1ncnc2ccccc12. The van der Waals surface area contributed by atoms with Crippen LogP contribution in [0.5, 0.6) is 5.88 Å². The van der Waals surface area contributed by atoms with Crippen LogP contribution >= 0.6 is 0 Å². The lowest BCUT2D eigenvalue weighted by molar-refractivity contribution is -0.121. The van der Waals surface area contributed by atoms with Crippen LogP contribution in [-0.4, -0.2) is 38.3 Å². The van der Waals surface area contributed by atoms with Gasteiger partial charge in [0.15, 0.2) is 6.61 Å². The van der Waals surface area contributed by atoms with Crippen LogP contribution in [0.4, 0.5) is 5.82 Å². The van der Waals surface area contributed by atoms with Crippen molar-refractivity contribution < 1.29 is 9.53 Å². The number of anilines is 1. The second-order valence-electron chi connectivity index (χ2n) is 5.80. The maximum Gasteiger partial charge on any atom is 0.266 e. The maximum absolute atomic E-state index is 12.7. The molecule has 0 aliphatic carbocycles. The normalized spacial score (nSPS) is 16.9. The Bertz CT molecular complexity index is 886. The van der Waals surface area contributed by atoms with Crippen LogP contribution in [0.25, 0.3) is 10.9 Å². The van der Waals surface area contributed by atoms with Crippen LogP contribution in [0.3, 0.4) is 0 Å². The minimum atomic E-state index is -0.105. The lowest BCUT2D eigenvalue weighted by Crippen LogP contribution is -2.46. The number of fused-ring (bicyclic) bond motifs is 2. The third-order valence-electron chi connectivity index (χ3n) is 4.25. The summed E-state index contributed by atoms with van der Waals surface area (Å²) in [5.74, 6) is 1.13. The first-order valence-electron chi connectivity index (χ1n) is 7.90. The third-order valence-corrected chi connectivity index (χ3v) is 4.25. The van der Waals surface area contributed by atoms with Crippen molar-refractivity contribution in [3.63, 3.8) is 0 Å². The number of hydrogen-bond acceptors (Lipinski definition) is 5. The molecule has 122 valence electrons. The first-order valence-corrected chi connectivity index (χ1v) is 7.90. The number of aromatic nitrogens is 4. The van der Waals surface area contributed by atoms with Gasteiger partial charge in [0.2, 0.25) is 5.88 Å². The highest BCUT2D eigenvalue weighted by molar-refractivity contribution is 5.94. The number of carbonyl (C=O) groups is 1.